The fourth-order valence-electron chi connectivity index (χ4n) is 1.43. The molecule has 2 aromatic rings. The lowest BCUT2D eigenvalue weighted by molar-refractivity contribution is 0.102. The lowest BCUT2D eigenvalue weighted by Crippen LogP contribution is -2.12. The summed E-state index contributed by atoms with van der Waals surface area (Å²) in [5.74, 6) is -0.130. The van der Waals surface area contributed by atoms with Crippen molar-refractivity contribution in [1.29, 1.82) is 0 Å². The van der Waals surface area contributed by atoms with Gasteiger partial charge in [0.1, 0.15) is 0 Å². The van der Waals surface area contributed by atoms with Crippen LogP contribution in [0.15, 0.2) is 53.0 Å². The first-order chi connectivity index (χ1) is 8.16. The minimum absolute atomic E-state index is 0.130. The normalized spacial score (nSPS) is 10.0. The summed E-state index contributed by atoms with van der Waals surface area (Å²) in [6.07, 6.45) is 0. The van der Waals surface area contributed by atoms with E-state index in [1.807, 2.05) is 42.5 Å². The summed E-state index contributed by atoms with van der Waals surface area (Å²) in [6.45, 7) is 3.79. The van der Waals surface area contributed by atoms with Gasteiger partial charge in [0.15, 0.2) is 0 Å². The second-order valence-electron chi connectivity index (χ2n) is 3.63. The predicted octanol–water partition coefficient (Wildman–Crippen LogP) is 3.88. The second-order valence-corrected chi connectivity index (χ2v) is 4.49. The minimum Gasteiger partial charge on any atom is -0.322 e. The fourth-order valence-corrected chi connectivity index (χ4v) is 1.90. The van der Waals surface area contributed by atoms with Crippen molar-refractivity contribution in [3.05, 3.63) is 71.1 Å². The Bertz CT molecular complexity index is 534. The molecule has 0 aliphatic heterocycles. The van der Waals surface area contributed by atoms with E-state index < -0.39 is 0 Å². The van der Waals surface area contributed by atoms with E-state index >= 15 is 0 Å². The Kier molecular flexibility index (Phi) is 3.59. The van der Waals surface area contributed by atoms with Crippen molar-refractivity contribution in [3.63, 3.8) is 0 Å². The van der Waals surface area contributed by atoms with E-state index in [1.54, 1.807) is 6.07 Å². The van der Waals surface area contributed by atoms with Crippen molar-refractivity contribution in [2.24, 2.45) is 0 Å². The average Bonchev–Trinajstić information content (AvgIpc) is 2.32. The van der Waals surface area contributed by atoms with Crippen LogP contribution in [0, 0.1) is 6.92 Å². The molecule has 0 saturated heterocycles. The first kappa shape index (κ1) is 11.9. The van der Waals surface area contributed by atoms with E-state index in [1.165, 1.54) is 0 Å². The molecule has 0 saturated carbocycles. The molecule has 0 atom stereocenters. The molecule has 2 nitrogen and oxygen atoms in total. The van der Waals surface area contributed by atoms with Gasteiger partial charge >= 0.3 is 0 Å². The lowest BCUT2D eigenvalue weighted by Gasteiger charge is -2.06. The van der Waals surface area contributed by atoms with Gasteiger partial charge in [0.2, 0.25) is 0 Å². The van der Waals surface area contributed by atoms with Crippen LogP contribution in [0.2, 0.25) is 0 Å². The fraction of sp³-hybridized carbons (Fsp3) is 0. The van der Waals surface area contributed by atoms with Crippen LogP contribution < -0.4 is 5.32 Å². The molecule has 0 aliphatic rings. The van der Waals surface area contributed by atoms with Crippen molar-refractivity contribution < 1.29 is 4.79 Å². The van der Waals surface area contributed by atoms with Gasteiger partial charge in [-0.15, -0.1) is 0 Å². The Morgan fingerprint density at radius 1 is 1.06 bits per heavy atom. The van der Waals surface area contributed by atoms with Crippen molar-refractivity contribution in [3.8, 4) is 0 Å². The van der Waals surface area contributed by atoms with Gasteiger partial charge in [0.25, 0.3) is 5.91 Å². The Morgan fingerprint density at radius 2 is 1.71 bits per heavy atom. The number of carbonyl (C=O) groups is 1. The summed E-state index contributed by atoms with van der Waals surface area (Å²) in [5.41, 5.74) is 2.30. The van der Waals surface area contributed by atoms with Crippen molar-refractivity contribution in [2.45, 2.75) is 0 Å². The summed E-state index contributed by atoms with van der Waals surface area (Å²) >= 11 is 3.35. The number of hydrogen-bond acceptors (Lipinski definition) is 1. The lowest BCUT2D eigenvalue weighted by atomic mass is 10.2. The van der Waals surface area contributed by atoms with Crippen LogP contribution in [-0.4, -0.2) is 5.91 Å². The minimum atomic E-state index is -0.130. The van der Waals surface area contributed by atoms with Crippen molar-refractivity contribution >= 4 is 27.5 Å². The maximum absolute atomic E-state index is 12.0. The Labute approximate surface area is 109 Å². The van der Waals surface area contributed by atoms with Gasteiger partial charge in [0.05, 0.1) is 5.56 Å². The molecule has 1 amide bonds. The maximum atomic E-state index is 12.0. The van der Waals surface area contributed by atoms with Gasteiger partial charge in [-0.25, -0.2) is 0 Å². The summed E-state index contributed by atoms with van der Waals surface area (Å²) in [7, 11) is 0. The number of hydrogen-bond donors (Lipinski definition) is 1. The first-order valence-electron chi connectivity index (χ1n) is 5.15. The average molecular weight is 289 g/mol. The molecule has 3 heteroatoms. The molecule has 0 unspecified atom stereocenters. The molecular weight excluding hydrogens is 278 g/mol. The third kappa shape index (κ3) is 2.94. The van der Waals surface area contributed by atoms with Gasteiger partial charge in [-0.3, -0.25) is 4.79 Å². The zero-order chi connectivity index (χ0) is 12.3. The molecule has 0 fully saturated rings. The highest BCUT2D eigenvalue weighted by Gasteiger charge is 2.08. The molecule has 2 rings (SSSR count). The van der Waals surface area contributed by atoms with Crippen LogP contribution >= 0.6 is 15.9 Å². The number of carbonyl (C=O) groups excluding carboxylic acids is 1. The number of halogens is 1. The monoisotopic (exact) mass is 288 g/mol. The van der Waals surface area contributed by atoms with Crippen LogP contribution in [0.4, 0.5) is 5.69 Å². The highest BCUT2D eigenvalue weighted by molar-refractivity contribution is 9.10. The molecule has 17 heavy (non-hydrogen) atoms. The van der Waals surface area contributed by atoms with E-state index in [4.69, 9.17) is 0 Å². The van der Waals surface area contributed by atoms with Crippen LogP contribution in [0.5, 0.6) is 0 Å². The quantitative estimate of drug-likeness (QED) is 0.893. The van der Waals surface area contributed by atoms with Gasteiger partial charge in [-0.1, -0.05) is 24.3 Å². The molecule has 2 aromatic carbocycles. The summed E-state index contributed by atoms with van der Waals surface area (Å²) in [6, 6.07) is 14.7. The van der Waals surface area contributed by atoms with E-state index in [0.29, 0.717) is 5.56 Å². The number of benzene rings is 2. The van der Waals surface area contributed by atoms with Crippen molar-refractivity contribution in [1.82, 2.24) is 0 Å². The first-order valence-corrected chi connectivity index (χ1v) is 5.94. The largest absolute Gasteiger partial charge is 0.322 e. The molecule has 1 N–H and O–H groups in total. The van der Waals surface area contributed by atoms with Crippen LogP contribution in [0.1, 0.15) is 15.9 Å². The van der Waals surface area contributed by atoms with Gasteiger partial charge < -0.3 is 5.32 Å². The van der Waals surface area contributed by atoms with Crippen LogP contribution in [-0.2, 0) is 0 Å². The Hall–Kier alpha value is -1.61. The van der Waals surface area contributed by atoms with Crippen LogP contribution in [0.25, 0.3) is 0 Å². The standard InChI is InChI=1S/C14H11BrNO/c1-10-6-8-11(9-7-10)16-14(17)12-4-2-3-5-13(12)15/h2-9H,1H2,(H,16,17). The number of anilines is 1. The molecule has 85 valence electrons. The second kappa shape index (κ2) is 5.15. The molecule has 1 radical (unpaired) electrons. The Balaban J connectivity index is 2.17. The molecule has 0 aromatic heterocycles. The van der Waals surface area contributed by atoms with Crippen LogP contribution in [0.3, 0.4) is 0 Å². The van der Waals surface area contributed by atoms with E-state index in [0.717, 1.165) is 15.7 Å². The third-order valence-electron chi connectivity index (χ3n) is 2.33. The summed E-state index contributed by atoms with van der Waals surface area (Å²) in [4.78, 5) is 12.0. The number of nitrogens with one attached hydrogen (secondary N) is 1. The smallest absolute Gasteiger partial charge is 0.256 e. The van der Waals surface area contributed by atoms with Gasteiger partial charge in [0, 0.05) is 10.2 Å². The van der Waals surface area contributed by atoms with E-state index in [2.05, 4.69) is 28.2 Å². The van der Waals surface area contributed by atoms with Gasteiger partial charge in [-0.05, 0) is 52.7 Å². The predicted molar refractivity (Wildman–Crippen MR) is 73.0 cm³/mol. The number of rotatable bonds is 2. The van der Waals surface area contributed by atoms with Crippen molar-refractivity contribution in [2.75, 3.05) is 5.32 Å². The van der Waals surface area contributed by atoms with E-state index in [9.17, 15) is 4.79 Å². The highest BCUT2D eigenvalue weighted by Crippen LogP contribution is 2.18. The molecule has 0 heterocycles. The SMILES string of the molecule is [CH2]c1ccc(NC(=O)c2ccccc2Br)cc1. The topological polar surface area (TPSA) is 29.1 Å². The number of amides is 1. The molecular formula is C14H11BrNO. The molecule has 0 spiro atoms. The van der Waals surface area contributed by atoms with E-state index in [-0.39, 0.29) is 5.91 Å². The maximum Gasteiger partial charge on any atom is 0.256 e. The molecule has 0 aliphatic carbocycles. The summed E-state index contributed by atoms with van der Waals surface area (Å²) in [5, 5.41) is 2.83. The highest BCUT2D eigenvalue weighted by atomic mass is 79.9. The zero-order valence-electron chi connectivity index (χ0n) is 9.11. The Morgan fingerprint density at radius 3 is 2.35 bits per heavy atom. The van der Waals surface area contributed by atoms with Gasteiger partial charge in [-0.2, -0.15) is 0 Å². The third-order valence-corrected chi connectivity index (χ3v) is 3.02. The zero-order valence-corrected chi connectivity index (χ0v) is 10.7. The summed E-state index contributed by atoms with van der Waals surface area (Å²) < 4.78 is 0.784. The molecule has 0 bridgehead atoms.